The van der Waals surface area contributed by atoms with Gasteiger partial charge in [-0.25, -0.2) is 4.98 Å². The number of rotatable bonds is 5. The summed E-state index contributed by atoms with van der Waals surface area (Å²) in [4.78, 5) is 18.0. The summed E-state index contributed by atoms with van der Waals surface area (Å²) in [6, 6.07) is 14.5. The average molecular weight is 376 g/mol. The van der Waals surface area contributed by atoms with Crippen LogP contribution in [0.2, 0.25) is 0 Å². The third kappa shape index (κ3) is 3.94. The van der Waals surface area contributed by atoms with E-state index in [1.807, 2.05) is 30.3 Å². The number of aryl methyl sites for hydroxylation is 1. The number of halogens is 3. The highest BCUT2D eigenvalue weighted by Gasteiger charge is 2.30. The van der Waals surface area contributed by atoms with Crippen LogP contribution in [-0.2, 0) is 12.7 Å². The molecule has 0 aliphatic rings. The van der Waals surface area contributed by atoms with Crippen LogP contribution in [0.5, 0.6) is 0 Å². The highest BCUT2D eigenvalue weighted by atomic mass is 32.1. The van der Waals surface area contributed by atoms with Gasteiger partial charge < -0.3 is 4.90 Å². The van der Waals surface area contributed by atoms with Gasteiger partial charge in [0.2, 0.25) is 0 Å². The zero-order valence-corrected chi connectivity index (χ0v) is 14.6. The van der Waals surface area contributed by atoms with Crippen molar-refractivity contribution in [3.63, 3.8) is 0 Å². The summed E-state index contributed by atoms with van der Waals surface area (Å²) in [5.74, 6) is 0. The van der Waals surface area contributed by atoms with E-state index in [0.29, 0.717) is 29.3 Å². The number of aromatic nitrogens is 1. The molecule has 0 aliphatic heterocycles. The molecule has 7 heteroatoms. The minimum absolute atomic E-state index is 0.343. The van der Waals surface area contributed by atoms with Crippen LogP contribution in [0.1, 0.15) is 26.5 Å². The maximum absolute atomic E-state index is 12.8. The lowest BCUT2D eigenvalue weighted by Gasteiger charge is -2.22. The molecule has 2 aromatic carbocycles. The molecule has 0 saturated carbocycles. The lowest BCUT2D eigenvalue weighted by atomic mass is 10.1. The van der Waals surface area contributed by atoms with Crippen molar-refractivity contribution in [2.24, 2.45) is 0 Å². The summed E-state index contributed by atoms with van der Waals surface area (Å²) in [5.41, 5.74) is 1.20. The number of aldehydes is 1. The van der Waals surface area contributed by atoms with Gasteiger partial charge in [0.15, 0.2) is 11.4 Å². The number of carbonyl (C=O) groups excluding carboxylic acids is 1. The van der Waals surface area contributed by atoms with Crippen LogP contribution in [0.15, 0.2) is 54.6 Å². The van der Waals surface area contributed by atoms with Gasteiger partial charge in [-0.05, 0) is 36.8 Å². The topological polar surface area (TPSA) is 33.2 Å². The van der Waals surface area contributed by atoms with Crippen molar-refractivity contribution in [3.8, 4) is 0 Å². The van der Waals surface area contributed by atoms with Crippen LogP contribution in [0.4, 0.5) is 24.0 Å². The molecule has 3 rings (SSSR count). The summed E-state index contributed by atoms with van der Waals surface area (Å²) in [5, 5.41) is 0.563. The Kier molecular flexibility index (Phi) is 5.08. The predicted octanol–water partition coefficient (Wildman–Crippen LogP) is 5.62. The monoisotopic (exact) mass is 376 g/mol. The van der Waals surface area contributed by atoms with Crippen LogP contribution in [0.25, 0.3) is 0 Å². The molecule has 3 nitrogen and oxygen atoms in total. The van der Waals surface area contributed by atoms with E-state index < -0.39 is 11.7 Å². The van der Waals surface area contributed by atoms with Gasteiger partial charge in [-0.3, -0.25) is 4.79 Å². The molecule has 0 radical (unpaired) electrons. The Hall–Kier alpha value is -2.67. The SMILES string of the molecule is Cc1sc(N(Cc2ccccc2)c2ccc(C(F)(F)F)cc2)nc1C=O. The maximum Gasteiger partial charge on any atom is 0.416 e. The predicted molar refractivity (Wildman–Crippen MR) is 96.0 cm³/mol. The fourth-order valence-electron chi connectivity index (χ4n) is 2.48. The van der Waals surface area contributed by atoms with E-state index in [-0.39, 0.29) is 0 Å². The Morgan fingerprint density at radius 2 is 1.73 bits per heavy atom. The lowest BCUT2D eigenvalue weighted by Crippen LogP contribution is -2.16. The highest BCUT2D eigenvalue weighted by molar-refractivity contribution is 7.15. The minimum Gasteiger partial charge on any atom is -0.313 e. The fraction of sp³-hybridized carbons (Fsp3) is 0.158. The van der Waals surface area contributed by atoms with Crippen molar-refractivity contribution >= 4 is 28.4 Å². The van der Waals surface area contributed by atoms with Crippen LogP contribution >= 0.6 is 11.3 Å². The second-order valence-electron chi connectivity index (χ2n) is 5.67. The molecule has 0 aliphatic carbocycles. The van der Waals surface area contributed by atoms with Gasteiger partial charge in [-0.15, -0.1) is 11.3 Å². The summed E-state index contributed by atoms with van der Waals surface area (Å²) in [6.07, 6.45) is -3.70. The molecule has 1 aromatic heterocycles. The number of nitrogens with zero attached hydrogens (tertiary/aromatic N) is 2. The van der Waals surface area contributed by atoms with Gasteiger partial charge in [0, 0.05) is 10.6 Å². The zero-order chi connectivity index (χ0) is 18.7. The molecule has 0 spiro atoms. The van der Waals surface area contributed by atoms with E-state index in [4.69, 9.17) is 0 Å². The first-order valence-corrected chi connectivity index (χ1v) is 8.61. The van der Waals surface area contributed by atoms with Gasteiger partial charge in [0.25, 0.3) is 0 Å². The van der Waals surface area contributed by atoms with Gasteiger partial charge in [0.1, 0.15) is 5.69 Å². The third-order valence-electron chi connectivity index (χ3n) is 3.85. The molecular weight excluding hydrogens is 361 g/mol. The van der Waals surface area contributed by atoms with Crippen LogP contribution in [0.3, 0.4) is 0 Å². The molecule has 0 unspecified atom stereocenters. The first-order chi connectivity index (χ1) is 12.4. The number of anilines is 2. The molecular formula is C19H15F3N2OS. The highest BCUT2D eigenvalue weighted by Crippen LogP contribution is 2.35. The largest absolute Gasteiger partial charge is 0.416 e. The molecule has 26 heavy (non-hydrogen) atoms. The average Bonchev–Trinajstić information content (AvgIpc) is 3.00. The molecule has 0 saturated heterocycles. The van der Waals surface area contributed by atoms with Gasteiger partial charge in [-0.1, -0.05) is 30.3 Å². The van der Waals surface area contributed by atoms with Crippen LogP contribution < -0.4 is 4.90 Å². The van der Waals surface area contributed by atoms with Gasteiger partial charge in [0.05, 0.1) is 12.1 Å². The molecule has 1 heterocycles. The summed E-state index contributed by atoms with van der Waals surface area (Å²) < 4.78 is 38.5. The minimum atomic E-state index is -4.38. The number of alkyl halides is 3. The summed E-state index contributed by atoms with van der Waals surface area (Å²) >= 11 is 1.33. The van der Waals surface area contributed by atoms with Crippen LogP contribution in [-0.4, -0.2) is 11.3 Å². The zero-order valence-electron chi connectivity index (χ0n) is 13.8. The summed E-state index contributed by atoms with van der Waals surface area (Å²) in [7, 11) is 0. The fourth-order valence-corrected chi connectivity index (χ4v) is 3.38. The molecule has 0 atom stereocenters. The normalized spacial score (nSPS) is 11.4. The van der Waals surface area contributed by atoms with Crippen molar-refractivity contribution in [2.45, 2.75) is 19.6 Å². The number of benzene rings is 2. The van der Waals surface area contributed by atoms with E-state index in [2.05, 4.69) is 4.98 Å². The standard InChI is InChI=1S/C19H15F3N2OS/c1-13-17(12-25)23-18(26-13)24(11-14-5-3-2-4-6-14)16-9-7-15(8-10-16)19(20,21)22/h2-10,12H,11H2,1H3. The van der Waals surface area contributed by atoms with E-state index >= 15 is 0 Å². The molecule has 0 fully saturated rings. The second-order valence-corrected chi connectivity index (χ2v) is 6.85. The first kappa shape index (κ1) is 18.1. The second kappa shape index (κ2) is 7.29. The molecule has 134 valence electrons. The first-order valence-electron chi connectivity index (χ1n) is 7.80. The van der Waals surface area contributed by atoms with E-state index in [9.17, 15) is 18.0 Å². The number of thiazole rings is 1. The van der Waals surface area contributed by atoms with Crippen LogP contribution in [0, 0.1) is 6.92 Å². The van der Waals surface area contributed by atoms with E-state index in [1.165, 1.54) is 23.5 Å². The van der Waals surface area contributed by atoms with Crippen molar-refractivity contribution in [3.05, 3.63) is 76.3 Å². The lowest BCUT2D eigenvalue weighted by molar-refractivity contribution is -0.137. The Morgan fingerprint density at radius 1 is 1.08 bits per heavy atom. The molecule has 0 amide bonds. The number of hydrogen-bond acceptors (Lipinski definition) is 4. The Bertz CT molecular complexity index is 889. The van der Waals surface area contributed by atoms with Crippen molar-refractivity contribution < 1.29 is 18.0 Å². The van der Waals surface area contributed by atoms with Gasteiger partial charge in [-0.2, -0.15) is 13.2 Å². The smallest absolute Gasteiger partial charge is 0.313 e. The summed E-state index contributed by atoms with van der Waals surface area (Å²) in [6.45, 7) is 2.22. The Labute approximate surface area is 152 Å². The van der Waals surface area contributed by atoms with Crippen molar-refractivity contribution in [1.82, 2.24) is 4.98 Å². The Morgan fingerprint density at radius 3 is 2.27 bits per heavy atom. The molecule has 3 aromatic rings. The van der Waals surface area contributed by atoms with Crippen molar-refractivity contribution in [2.75, 3.05) is 4.90 Å². The van der Waals surface area contributed by atoms with Crippen molar-refractivity contribution in [1.29, 1.82) is 0 Å². The maximum atomic E-state index is 12.8. The molecule has 0 N–H and O–H groups in total. The van der Waals surface area contributed by atoms with E-state index in [1.54, 1.807) is 11.8 Å². The number of carbonyl (C=O) groups is 1. The molecule has 0 bridgehead atoms. The number of hydrogen-bond donors (Lipinski definition) is 0. The Balaban J connectivity index is 2.00. The third-order valence-corrected chi connectivity index (χ3v) is 4.86. The van der Waals surface area contributed by atoms with E-state index in [0.717, 1.165) is 22.6 Å². The quantitative estimate of drug-likeness (QED) is 0.542. The van der Waals surface area contributed by atoms with Gasteiger partial charge >= 0.3 is 6.18 Å².